The molecule has 3 aromatic rings. The van der Waals surface area contributed by atoms with Crippen LogP contribution in [-0.2, 0) is 24.3 Å². The average Bonchev–Trinajstić information content (AvgIpc) is 3.09. The number of aromatic amines is 1. The number of halogens is 1. The van der Waals surface area contributed by atoms with Gasteiger partial charge >= 0.3 is 5.69 Å². The lowest BCUT2D eigenvalue weighted by atomic mass is 10.2. The molecule has 1 aromatic carbocycles. The maximum absolute atomic E-state index is 12.8. The molecule has 34 heavy (non-hydrogen) atoms. The number of H-pyrrole nitrogens is 1. The van der Waals surface area contributed by atoms with Gasteiger partial charge in [0.15, 0.2) is 11.2 Å². The molecule has 0 spiro atoms. The first-order valence-electron chi connectivity index (χ1n) is 11.6. The summed E-state index contributed by atoms with van der Waals surface area (Å²) in [6, 6.07) is 5.34. The van der Waals surface area contributed by atoms with Gasteiger partial charge in [-0.05, 0) is 30.5 Å². The number of hydrogen-bond donors (Lipinski definition) is 2. The molecule has 2 heterocycles. The predicted molar refractivity (Wildman–Crippen MR) is 137 cm³/mol. The topological polar surface area (TPSA) is 105 Å². The quantitative estimate of drug-likeness (QED) is 0.453. The number of amides is 1. The number of aromatic nitrogens is 4. The van der Waals surface area contributed by atoms with Crippen LogP contribution < -0.4 is 21.5 Å². The summed E-state index contributed by atoms with van der Waals surface area (Å²) in [6.45, 7) is 7.17. The van der Waals surface area contributed by atoms with E-state index in [2.05, 4.69) is 15.3 Å². The number of hydrogen-bond acceptors (Lipinski definition) is 5. The summed E-state index contributed by atoms with van der Waals surface area (Å²) >= 11 is 6.13. The molecule has 0 fully saturated rings. The zero-order valence-corrected chi connectivity index (χ0v) is 21.2. The smallest absolute Gasteiger partial charge is 0.330 e. The Kier molecular flexibility index (Phi) is 8.19. The SMILES string of the molecule is CCCCn1c(=O)[nH]c(=O)c2c1nc(CCC(=O)Nc1cc(Cl)ccc1N(C)C)n2CC(C)C. The maximum atomic E-state index is 12.8. The zero-order chi connectivity index (χ0) is 25.0. The second-order valence-corrected chi connectivity index (χ2v) is 9.51. The van der Waals surface area contributed by atoms with Gasteiger partial charge in [-0.2, -0.15) is 0 Å². The van der Waals surface area contributed by atoms with E-state index >= 15 is 0 Å². The molecule has 0 saturated heterocycles. The third-order valence-electron chi connectivity index (χ3n) is 5.54. The van der Waals surface area contributed by atoms with E-state index in [1.807, 2.05) is 50.4 Å². The minimum Gasteiger partial charge on any atom is -0.376 e. The highest BCUT2D eigenvalue weighted by atomic mass is 35.5. The van der Waals surface area contributed by atoms with E-state index in [0.717, 1.165) is 18.5 Å². The molecular formula is C24H33ClN6O3. The Morgan fingerprint density at radius 1 is 1.24 bits per heavy atom. The predicted octanol–water partition coefficient (Wildman–Crippen LogP) is 3.63. The van der Waals surface area contributed by atoms with Crippen molar-refractivity contribution in [3.8, 4) is 0 Å². The zero-order valence-electron chi connectivity index (χ0n) is 20.4. The number of imidazole rings is 1. The number of nitrogens with one attached hydrogen (secondary N) is 2. The van der Waals surface area contributed by atoms with Gasteiger partial charge in [-0.25, -0.2) is 9.78 Å². The number of fused-ring (bicyclic) bond motifs is 1. The van der Waals surface area contributed by atoms with Crippen molar-refractivity contribution in [2.75, 3.05) is 24.3 Å². The van der Waals surface area contributed by atoms with Gasteiger partial charge in [0.1, 0.15) is 5.82 Å². The van der Waals surface area contributed by atoms with E-state index in [9.17, 15) is 14.4 Å². The van der Waals surface area contributed by atoms with Crippen LogP contribution in [0.3, 0.4) is 0 Å². The van der Waals surface area contributed by atoms with E-state index in [1.165, 1.54) is 4.57 Å². The van der Waals surface area contributed by atoms with Crippen molar-refractivity contribution in [1.29, 1.82) is 0 Å². The molecule has 2 aromatic heterocycles. The lowest BCUT2D eigenvalue weighted by Crippen LogP contribution is -2.31. The fourth-order valence-corrected chi connectivity index (χ4v) is 4.10. The molecule has 0 saturated carbocycles. The van der Waals surface area contributed by atoms with E-state index in [-0.39, 0.29) is 18.2 Å². The molecule has 10 heteroatoms. The van der Waals surface area contributed by atoms with E-state index in [4.69, 9.17) is 11.6 Å². The number of rotatable bonds is 10. The van der Waals surface area contributed by atoms with Gasteiger partial charge in [0, 0.05) is 45.0 Å². The second kappa shape index (κ2) is 10.9. The Hall–Kier alpha value is -3.07. The van der Waals surface area contributed by atoms with Crippen LogP contribution in [0, 0.1) is 5.92 Å². The highest BCUT2D eigenvalue weighted by Gasteiger charge is 2.20. The molecule has 0 radical (unpaired) electrons. The summed E-state index contributed by atoms with van der Waals surface area (Å²) in [5.41, 5.74) is 1.32. The standard InChI is InChI=1S/C24H33ClN6O3/c1-6-7-12-30-22-21(23(33)28-24(30)34)31(14-15(2)3)19(27-22)10-11-20(32)26-17-13-16(25)8-9-18(17)29(4)5/h8-9,13,15H,6-7,10-12,14H2,1-5H3,(H,26,32)(H,28,33,34). The normalized spacial score (nSPS) is 11.4. The van der Waals surface area contributed by atoms with E-state index in [0.29, 0.717) is 47.2 Å². The van der Waals surface area contributed by atoms with Crippen LogP contribution in [0.1, 0.15) is 45.9 Å². The lowest BCUT2D eigenvalue weighted by molar-refractivity contribution is -0.116. The second-order valence-electron chi connectivity index (χ2n) is 9.07. The number of carbonyl (C=O) groups excluding carboxylic acids is 1. The highest BCUT2D eigenvalue weighted by Crippen LogP contribution is 2.28. The summed E-state index contributed by atoms with van der Waals surface area (Å²) < 4.78 is 3.37. The van der Waals surface area contributed by atoms with Gasteiger partial charge < -0.3 is 14.8 Å². The van der Waals surface area contributed by atoms with Crippen molar-refractivity contribution >= 4 is 40.0 Å². The fourth-order valence-electron chi connectivity index (χ4n) is 3.93. The molecule has 0 bridgehead atoms. The van der Waals surface area contributed by atoms with Gasteiger partial charge in [-0.3, -0.25) is 19.1 Å². The maximum Gasteiger partial charge on any atom is 0.330 e. The largest absolute Gasteiger partial charge is 0.376 e. The molecule has 0 unspecified atom stereocenters. The number of nitrogens with zero attached hydrogens (tertiary/aromatic N) is 4. The van der Waals surface area contributed by atoms with E-state index in [1.54, 1.807) is 12.1 Å². The Balaban J connectivity index is 1.93. The molecule has 0 aliphatic heterocycles. The van der Waals surface area contributed by atoms with Gasteiger partial charge in [-0.1, -0.05) is 38.8 Å². The van der Waals surface area contributed by atoms with Crippen molar-refractivity contribution < 1.29 is 4.79 Å². The lowest BCUT2D eigenvalue weighted by Gasteiger charge is -2.18. The van der Waals surface area contributed by atoms with Crippen molar-refractivity contribution in [3.05, 3.63) is 49.9 Å². The third kappa shape index (κ3) is 5.70. The van der Waals surface area contributed by atoms with Gasteiger partial charge in [-0.15, -0.1) is 0 Å². The third-order valence-corrected chi connectivity index (χ3v) is 5.77. The van der Waals surface area contributed by atoms with Crippen LogP contribution in [0.15, 0.2) is 27.8 Å². The molecule has 184 valence electrons. The van der Waals surface area contributed by atoms with Gasteiger partial charge in [0.2, 0.25) is 5.91 Å². The molecule has 2 N–H and O–H groups in total. The van der Waals surface area contributed by atoms with Crippen molar-refractivity contribution in [2.45, 2.75) is 59.5 Å². The van der Waals surface area contributed by atoms with Crippen LogP contribution in [0.5, 0.6) is 0 Å². The van der Waals surface area contributed by atoms with Crippen LogP contribution >= 0.6 is 11.6 Å². The molecule has 3 rings (SSSR count). The Morgan fingerprint density at radius 2 is 1.97 bits per heavy atom. The van der Waals surface area contributed by atoms with Gasteiger partial charge in [0.25, 0.3) is 5.56 Å². The summed E-state index contributed by atoms with van der Waals surface area (Å²) in [4.78, 5) is 47.0. The average molecular weight is 489 g/mol. The monoisotopic (exact) mass is 488 g/mol. The molecule has 1 amide bonds. The van der Waals surface area contributed by atoms with Crippen LogP contribution in [-0.4, -0.2) is 39.1 Å². The number of benzene rings is 1. The van der Waals surface area contributed by atoms with Crippen molar-refractivity contribution in [1.82, 2.24) is 19.1 Å². The van der Waals surface area contributed by atoms with Gasteiger partial charge in [0.05, 0.1) is 11.4 Å². The Bertz CT molecular complexity index is 1290. The van der Waals surface area contributed by atoms with Crippen LogP contribution in [0.4, 0.5) is 11.4 Å². The number of carbonyl (C=O) groups is 1. The van der Waals surface area contributed by atoms with E-state index < -0.39 is 11.2 Å². The number of aryl methyl sites for hydroxylation is 2. The first kappa shape index (κ1) is 25.6. The molecule has 0 atom stereocenters. The molecule has 9 nitrogen and oxygen atoms in total. The minimum absolute atomic E-state index is 0.165. The Labute approximate surface area is 203 Å². The summed E-state index contributed by atoms with van der Waals surface area (Å²) in [5, 5.41) is 3.46. The summed E-state index contributed by atoms with van der Waals surface area (Å²) in [7, 11) is 3.78. The highest BCUT2D eigenvalue weighted by molar-refractivity contribution is 6.31. The van der Waals surface area contributed by atoms with Crippen LogP contribution in [0.2, 0.25) is 5.02 Å². The fraction of sp³-hybridized carbons (Fsp3) is 0.500. The number of unbranched alkanes of at least 4 members (excludes halogenated alkanes) is 1. The molecule has 0 aliphatic carbocycles. The van der Waals surface area contributed by atoms with Crippen LogP contribution in [0.25, 0.3) is 11.2 Å². The first-order chi connectivity index (χ1) is 16.1. The summed E-state index contributed by atoms with van der Waals surface area (Å²) in [6.07, 6.45) is 2.19. The summed E-state index contributed by atoms with van der Waals surface area (Å²) in [5.74, 6) is 0.666. The Morgan fingerprint density at radius 3 is 2.62 bits per heavy atom. The first-order valence-corrected chi connectivity index (χ1v) is 12.0. The van der Waals surface area contributed by atoms with Crippen molar-refractivity contribution in [2.24, 2.45) is 5.92 Å². The molecule has 0 aliphatic rings. The minimum atomic E-state index is -0.457. The van der Waals surface area contributed by atoms with Crippen molar-refractivity contribution in [3.63, 3.8) is 0 Å². The number of anilines is 2. The molecular weight excluding hydrogens is 456 g/mol.